The Morgan fingerprint density at radius 2 is 2.00 bits per heavy atom. The molecule has 18 heavy (non-hydrogen) atoms. The summed E-state index contributed by atoms with van der Waals surface area (Å²) in [7, 11) is 0. The SMILES string of the molecule is CCNCc1cnc(Oc2cccnc2C)nc1. The Balaban J connectivity index is 2.04. The van der Waals surface area contributed by atoms with E-state index < -0.39 is 0 Å². The number of rotatable bonds is 5. The molecule has 0 aromatic carbocycles. The van der Waals surface area contributed by atoms with E-state index in [4.69, 9.17) is 4.74 Å². The molecule has 0 saturated carbocycles. The van der Waals surface area contributed by atoms with Gasteiger partial charge in [-0.25, -0.2) is 9.97 Å². The van der Waals surface area contributed by atoms with Gasteiger partial charge in [0.2, 0.25) is 0 Å². The first-order chi connectivity index (χ1) is 8.79. The second kappa shape index (κ2) is 6.07. The molecule has 2 aromatic heterocycles. The largest absolute Gasteiger partial charge is 0.422 e. The Hall–Kier alpha value is -2.01. The Morgan fingerprint density at radius 3 is 2.67 bits per heavy atom. The summed E-state index contributed by atoms with van der Waals surface area (Å²) in [5.41, 5.74) is 1.85. The molecule has 2 aromatic rings. The van der Waals surface area contributed by atoms with Crippen molar-refractivity contribution < 1.29 is 4.74 Å². The van der Waals surface area contributed by atoms with Gasteiger partial charge in [-0.2, -0.15) is 0 Å². The first-order valence-corrected chi connectivity index (χ1v) is 5.90. The number of pyridine rings is 1. The zero-order valence-electron chi connectivity index (χ0n) is 10.6. The molecule has 0 atom stereocenters. The molecule has 0 fully saturated rings. The van der Waals surface area contributed by atoms with Crippen LogP contribution < -0.4 is 10.1 Å². The highest BCUT2D eigenvalue weighted by atomic mass is 16.5. The van der Waals surface area contributed by atoms with E-state index in [9.17, 15) is 0 Å². The van der Waals surface area contributed by atoms with Crippen LogP contribution in [0, 0.1) is 6.92 Å². The average molecular weight is 244 g/mol. The molecular weight excluding hydrogens is 228 g/mol. The lowest BCUT2D eigenvalue weighted by Crippen LogP contribution is -2.12. The van der Waals surface area contributed by atoms with Crippen molar-refractivity contribution in [2.45, 2.75) is 20.4 Å². The average Bonchev–Trinajstić information content (AvgIpc) is 2.41. The lowest BCUT2D eigenvalue weighted by Gasteiger charge is -2.06. The zero-order valence-corrected chi connectivity index (χ0v) is 10.6. The molecule has 5 nitrogen and oxygen atoms in total. The van der Waals surface area contributed by atoms with Crippen molar-refractivity contribution in [1.29, 1.82) is 0 Å². The lowest BCUT2D eigenvalue weighted by atomic mass is 10.3. The number of nitrogens with zero attached hydrogens (tertiary/aromatic N) is 3. The van der Waals surface area contributed by atoms with E-state index in [1.54, 1.807) is 18.6 Å². The van der Waals surface area contributed by atoms with Crippen LogP contribution >= 0.6 is 0 Å². The second-order valence-electron chi connectivity index (χ2n) is 3.84. The van der Waals surface area contributed by atoms with Gasteiger partial charge >= 0.3 is 6.01 Å². The molecule has 5 heteroatoms. The number of ether oxygens (including phenoxy) is 1. The van der Waals surface area contributed by atoms with Gasteiger partial charge in [0.25, 0.3) is 0 Å². The maximum absolute atomic E-state index is 5.56. The third-order valence-electron chi connectivity index (χ3n) is 2.42. The van der Waals surface area contributed by atoms with Crippen LogP contribution in [0.25, 0.3) is 0 Å². The van der Waals surface area contributed by atoms with Crippen molar-refractivity contribution in [3.63, 3.8) is 0 Å². The van der Waals surface area contributed by atoms with E-state index in [1.807, 2.05) is 19.1 Å². The molecule has 0 radical (unpaired) electrons. The predicted octanol–water partition coefficient (Wildman–Crippen LogP) is 2.08. The number of aromatic nitrogens is 3. The van der Waals surface area contributed by atoms with E-state index in [-0.39, 0.29) is 0 Å². The topological polar surface area (TPSA) is 59.9 Å². The summed E-state index contributed by atoms with van der Waals surface area (Å²) >= 11 is 0. The minimum Gasteiger partial charge on any atom is -0.422 e. The van der Waals surface area contributed by atoms with Gasteiger partial charge in [0, 0.05) is 30.7 Å². The molecule has 2 heterocycles. The molecule has 94 valence electrons. The third kappa shape index (κ3) is 3.24. The first kappa shape index (κ1) is 12.4. The molecule has 0 aliphatic rings. The highest BCUT2D eigenvalue weighted by Gasteiger charge is 2.03. The first-order valence-electron chi connectivity index (χ1n) is 5.90. The van der Waals surface area contributed by atoms with Crippen LogP contribution in [-0.4, -0.2) is 21.5 Å². The van der Waals surface area contributed by atoms with Gasteiger partial charge in [0.1, 0.15) is 0 Å². The summed E-state index contributed by atoms with van der Waals surface area (Å²) in [4.78, 5) is 12.5. The van der Waals surface area contributed by atoms with Gasteiger partial charge in [-0.3, -0.25) is 4.98 Å². The van der Waals surface area contributed by atoms with Crippen LogP contribution in [0.5, 0.6) is 11.8 Å². The summed E-state index contributed by atoms with van der Waals surface area (Å²) in [5, 5.41) is 3.21. The Morgan fingerprint density at radius 1 is 1.22 bits per heavy atom. The highest BCUT2D eigenvalue weighted by Crippen LogP contribution is 2.19. The van der Waals surface area contributed by atoms with Crippen LogP contribution in [0.3, 0.4) is 0 Å². The Bertz CT molecular complexity index is 499. The smallest absolute Gasteiger partial charge is 0.321 e. The number of hydrogen-bond acceptors (Lipinski definition) is 5. The van der Waals surface area contributed by atoms with Crippen molar-refractivity contribution in [2.24, 2.45) is 0 Å². The van der Waals surface area contributed by atoms with Crippen LogP contribution in [0.2, 0.25) is 0 Å². The molecule has 0 aliphatic carbocycles. The van der Waals surface area contributed by atoms with Crippen LogP contribution in [0.1, 0.15) is 18.2 Å². The normalized spacial score (nSPS) is 10.3. The molecule has 1 N–H and O–H groups in total. The van der Waals surface area contributed by atoms with Gasteiger partial charge in [-0.15, -0.1) is 0 Å². The summed E-state index contributed by atoms with van der Waals surface area (Å²) in [5.74, 6) is 0.678. The van der Waals surface area contributed by atoms with Crippen molar-refractivity contribution >= 4 is 0 Å². The van der Waals surface area contributed by atoms with Crippen molar-refractivity contribution in [3.05, 3.63) is 42.0 Å². The molecule has 2 rings (SSSR count). The standard InChI is InChI=1S/C13H16N4O/c1-3-14-7-11-8-16-13(17-9-11)18-12-5-4-6-15-10(12)2/h4-6,8-9,14H,3,7H2,1-2H3. The molecular formula is C13H16N4O. The number of aryl methyl sites for hydroxylation is 1. The van der Waals surface area contributed by atoms with E-state index >= 15 is 0 Å². The monoisotopic (exact) mass is 244 g/mol. The fourth-order valence-electron chi connectivity index (χ4n) is 1.43. The summed E-state index contributed by atoms with van der Waals surface area (Å²) in [6.45, 7) is 5.63. The van der Waals surface area contributed by atoms with Crippen LogP contribution in [0.4, 0.5) is 0 Å². The fourth-order valence-corrected chi connectivity index (χ4v) is 1.43. The van der Waals surface area contributed by atoms with E-state index in [2.05, 4.69) is 27.2 Å². The molecule has 0 spiro atoms. The van der Waals surface area contributed by atoms with Gasteiger partial charge in [-0.05, 0) is 25.6 Å². The quantitative estimate of drug-likeness (QED) is 0.872. The number of hydrogen-bond donors (Lipinski definition) is 1. The maximum atomic E-state index is 5.56. The summed E-state index contributed by atoms with van der Waals surface area (Å²) < 4.78 is 5.56. The second-order valence-corrected chi connectivity index (χ2v) is 3.84. The molecule has 0 amide bonds. The fraction of sp³-hybridized carbons (Fsp3) is 0.308. The minimum atomic E-state index is 0.339. The predicted molar refractivity (Wildman–Crippen MR) is 68.5 cm³/mol. The van der Waals surface area contributed by atoms with Gasteiger partial charge in [-0.1, -0.05) is 6.92 Å². The van der Waals surface area contributed by atoms with E-state index in [0.29, 0.717) is 11.8 Å². The van der Waals surface area contributed by atoms with Gasteiger partial charge in [0.15, 0.2) is 5.75 Å². The lowest BCUT2D eigenvalue weighted by molar-refractivity contribution is 0.435. The van der Waals surface area contributed by atoms with Crippen molar-refractivity contribution in [1.82, 2.24) is 20.3 Å². The highest BCUT2D eigenvalue weighted by molar-refractivity contribution is 5.28. The maximum Gasteiger partial charge on any atom is 0.321 e. The van der Waals surface area contributed by atoms with Gasteiger partial charge < -0.3 is 10.1 Å². The molecule has 0 bridgehead atoms. The third-order valence-corrected chi connectivity index (χ3v) is 2.42. The minimum absolute atomic E-state index is 0.339. The number of nitrogens with one attached hydrogen (secondary N) is 1. The molecule has 0 saturated heterocycles. The van der Waals surface area contributed by atoms with Crippen molar-refractivity contribution in [3.8, 4) is 11.8 Å². The summed E-state index contributed by atoms with van der Waals surface area (Å²) in [6.07, 6.45) is 5.25. The molecule has 0 aliphatic heterocycles. The zero-order chi connectivity index (χ0) is 12.8. The molecule has 0 unspecified atom stereocenters. The summed E-state index contributed by atoms with van der Waals surface area (Å²) in [6, 6.07) is 4.01. The van der Waals surface area contributed by atoms with Crippen LogP contribution in [0.15, 0.2) is 30.7 Å². The van der Waals surface area contributed by atoms with E-state index in [1.165, 1.54) is 0 Å². The van der Waals surface area contributed by atoms with Crippen molar-refractivity contribution in [2.75, 3.05) is 6.54 Å². The van der Waals surface area contributed by atoms with E-state index in [0.717, 1.165) is 24.3 Å². The van der Waals surface area contributed by atoms with Gasteiger partial charge in [0.05, 0.1) is 5.69 Å². The van der Waals surface area contributed by atoms with Crippen LogP contribution in [-0.2, 0) is 6.54 Å². The Kier molecular flexibility index (Phi) is 4.20. The Labute approximate surface area is 106 Å².